The van der Waals surface area contributed by atoms with Gasteiger partial charge in [-0.15, -0.1) is 0 Å². The van der Waals surface area contributed by atoms with Crippen molar-refractivity contribution in [3.8, 4) is 11.5 Å². The lowest BCUT2D eigenvalue weighted by Gasteiger charge is -2.10. The normalized spacial score (nSPS) is 10.1. The van der Waals surface area contributed by atoms with Crippen LogP contribution in [0.4, 0.5) is 0 Å². The number of ether oxygens (including phenoxy) is 1. The summed E-state index contributed by atoms with van der Waals surface area (Å²) in [4.78, 5) is 4.42. The SMILES string of the molecule is Cc1cccc(Oc2ccc(C(N)=S)nc2)c1C. The van der Waals surface area contributed by atoms with Gasteiger partial charge >= 0.3 is 0 Å². The number of aryl methyl sites for hydroxylation is 1. The Hall–Kier alpha value is -1.94. The van der Waals surface area contributed by atoms with Crippen molar-refractivity contribution >= 4 is 17.2 Å². The van der Waals surface area contributed by atoms with Gasteiger partial charge in [-0.1, -0.05) is 24.4 Å². The van der Waals surface area contributed by atoms with E-state index in [1.165, 1.54) is 5.56 Å². The van der Waals surface area contributed by atoms with Crippen molar-refractivity contribution in [1.29, 1.82) is 0 Å². The molecule has 2 aromatic rings. The number of nitrogens with two attached hydrogens (primary N) is 1. The topological polar surface area (TPSA) is 48.1 Å². The summed E-state index contributed by atoms with van der Waals surface area (Å²) in [7, 11) is 0. The van der Waals surface area contributed by atoms with Gasteiger partial charge in [-0.05, 0) is 43.2 Å². The number of benzene rings is 1. The third-order valence-corrected chi connectivity index (χ3v) is 2.98. The molecule has 0 radical (unpaired) electrons. The molecular weight excluding hydrogens is 244 g/mol. The number of rotatable bonds is 3. The zero-order valence-corrected chi connectivity index (χ0v) is 11.1. The van der Waals surface area contributed by atoms with Crippen LogP contribution in [0.1, 0.15) is 16.8 Å². The van der Waals surface area contributed by atoms with Gasteiger partial charge in [0.15, 0.2) is 0 Å². The maximum atomic E-state index is 5.78. The van der Waals surface area contributed by atoms with Crippen LogP contribution in [0.2, 0.25) is 0 Å². The zero-order chi connectivity index (χ0) is 13.1. The van der Waals surface area contributed by atoms with Crippen LogP contribution in [0.15, 0.2) is 36.5 Å². The van der Waals surface area contributed by atoms with E-state index in [1.54, 1.807) is 12.3 Å². The molecule has 0 aliphatic rings. The summed E-state index contributed by atoms with van der Waals surface area (Å²) < 4.78 is 5.78. The summed E-state index contributed by atoms with van der Waals surface area (Å²) in [6, 6.07) is 9.51. The molecule has 0 bridgehead atoms. The highest BCUT2D eigenvalue weighted by Crippen LogP contribution is 2.26. The Morgan fingerprint density at radius 3 is 2.61 bits per heavy atom. The Balaban J connectivity index is 2.24. The summed E-state index contributed by atoms with van der Waals surface area (Å²) in [5.74, 6) is 1.50. The number of nitrogens with zero attached hydrogens (tertiary/aromatic N) is 1. The van der Waals surface area contributed by atoms with Crippen LogP contribution in [-0.2, 0) is 0 Å². The van der Waals surface area contributed by atoms with Crippen LogP contribution < -0.4 is 10.5 Å². The second-order valence-corrected chi connectivity index (χ2v) is 4.48. The molecule has 4 heteroatoms. The molecule has 18 heavy (non-hydrogen) atoms. The van der Waals surface area contributed by atoms with E-state index in [1.807, 2.05) is 25.1 Å². The van der Waals surface area contributed by atoms with Crippen molar-refractivity contribution < 1.29 is 4.74 Å². The first-order valence-corrected chi connectivity index (χ1v) is 5.98. The minimum absolute atomic E-state index is 0.285. The van der Waals surface area contributed by atoms with Crippen molar-refractivity contribution in [3.05, 3.63) is 53.3 Å². The van der Waals surface area contributed by atoms with Crippen molar-refractivity contribution in [2.75, 3.05) is 0 Å². The predicted molar refractivity (Wildman–Crippen MR) is 76.1 cm³/mol. The fraction of sp³-hybridized carbons (Fsp3) is 0.143. The Kier molecular flexibility index (Phi) is 3.58. The smallest absolute Gasteiger partial charge is 0.145 e. The lowest BCUT2D eigenvalue weighted by Crippen LogP contribution is -2.10. The molecule has 0 spiro atoms. The number of thiocarbonyl (C=S) groups is 1. The number of pyridine rings is 1. The Morgan fingerprint density at radius 1 is 1.22 bits per heavy atom. The quantitative estimate of drug-likeness (QED) is 0.859. The zero-order valence-electron chi connectivity index (χ0n) is 10.3. The molecule has 1 heterocycles. The third-order valence-electron chi connectivity index (χ3n) is 2.77. The molecule has 3 nitrogen and oxygen atoms in total. The minimum Gasteiger partial charge on any atom is -0.455 e. The van der Waals surface area contributed by atoms with E-state index in [-0.39, 0.29) is 4.99 Å². The predicted octanol–water partition coefficient (Wildman–Crippen LogP) is 3.12. The first-order valence-electron chi connectivity index (χ1n) is 5.58. The molecule has 0 unspecified atom stereocenters. The third kappa shape index (κ3) is 2.65. The molecular formula is C14H14N2OS. The summed E-state index contributed by atoms with van der Waals surface area (Å²) in [6.45, 7) is 4.08. The van der Waals surface area contributed by atoms with E-state index in [4.69, 9.17) is 22.7 Å². The average molecular weight is 258 g/mol. The molecule has 1 aromatic heterocycles. The van der Waals surface area contributed by atoms with E-state index in [2.05, 4.69) is 18.0 Å². The maximum Gasteiger partial charge on any atom is 0.145 e. The molecule has 0 saturated carbocycles. The fourth-order valence-corrected chi connectivity index (χ4v) is 1.67. The molecule has 0 aliphatic carbocycles. The van der Waals surface area contributed by atoms with Crippen molar-refractivity contribution in [3.63, 3.8) is 0 Å². The minimum atomic E-state index is 0.285. The second kappa shape index (κ2) is 5.14. The summed E-state index contributed by atoms with van der Waals surface area (Å²) in [5, 5.41) is 0. The first-order chi connectivity index (χ1) is 8.58. The molecule has 0 aliphatic heterocycles. The highest BCUT2D eigenvalue weighted by Gasteiger charge is 2.04. The van der Waals surface area contributed by atoms with E-state index < -0.39 is 0 Å². The maximum absolute atomic E-state index is 5.78. The van der Waals surface area contributed by atoms with Crippen molar-refractivity contribution in [1.82, 2.24) is 4.98 Å². The molecule has 0 amide bonds. The Labute approximate surface area is 112 Å². The van der Waals surface area contributed by atoms with E-state index in [0.717, 1.165) is 11.3 Å². The number of hydrogen-bond donors (Lipinski definition) is 1. The van der Waals surface area contributed by atoms with E-state index in [0.29, 0.717) is 11.4 Å². The van der Waals surface area contributed by atoms with Gasteiger partial charge in [0, 0.05) is 0 Å². The lowest BCUT2D eigenvalue weighted by molar-refractivity contribution is 0.476. The average Bonchev–Trinajstić information content (AvgIpc) is 2.36. The largest absolute Gasteiger partial charge is 0.455 e. The van der Waals surface area contributed by atoms with E-state index in [9.17, 15) is 0 Å². The van der Waals surface area contributed by atoms with Crippen molar-refractivity contribution in [2.45, 2.75) is 13.8 Å². The highest BCUT2D eigenvalue weighted by atomic mass is 32.1. The number of aromatic nitrogens is 1. The molecule has 2 rings (SSSR count). The van der Waals surface area contributed by atoms with Crippen LogP contribution in [0.25, 0.3) is 0 Å². The van der Waals surface area contributed by atoms with Crippen molar-refractivity contribution in [2.24, 2.45) is 5.73 Å². The van der Waals surface area contributed by atoms with Gasteiger partial charge in [0.05, 0.1) is 11.9 Å². The standard InChI is InChI=1S/C14H14N2OS/c1-9-4-3-5-13(10(9)2)17-11-6-7-12(14(15)18)16-8-11/h3-8H,1-2H3,(H2,15,18). The second-order valence-electron chi connectivity index (χ2n) is 4.04. The van der Waals surface area contributed by atoms with Gasteiger partial charge in [-0.25, -0.2) is 4.98 Å². The van der Waals surface area contributed by atoms with Crippen LogP contribution in [-0.4, -0.2) is 9.97 Å². The van der Waals surface area contributed by atoms with E-state index >= 15 is 0 Å². The summed E-state index contributed by atoms with van der Waals surface area (Å²) >= 11 is 4.85. The molecule has 0 fully saturated rings. The summed E-state index contributed by atoms with van der Waals surface area (Å²) in [6.07, 6.45) is 1.62. The van der Waals surface area contributed by atoms with Gasteiger partial charge in [0.25, 0.3) is 0 Å². The Morgan fingerprint density at radius 2 is 2.00 bits per heavy atom. The van der Waals surface area contributed by atoms with Gasteiger partial charge in [0.2, 0.25) is 0 Å². The Bertz CT molecular complexity index is 579. The fourth-order valence-electron chi connectivity index (χ4n) is 1.55. The van der Waals surface area contributed by atoms with Gasteiger partial charge in [-0.2, -0.15) is 0 Å². The van der Waals surface area contributed by atoms with Crippen LogP contribution in [0.5, 0.6) is 11.5 Å². The molecule has 2 N–H and O–H groups in total. The lowest BCUT2D eigenvalue weighted by atomic mass is 10.1. The van der Waals surface area contributed by atoms with Crippen LogP contribution in [0, 0.1) is 13.8 Å². The molecule has 1 aromatic carbocycles. The van der Waals surface area contributed by atoms with Crippen LogP contribution >= 0.6 is 12.2 Å². The molecule has 92 valence electrons. The highest BCUT2D eigenvalue weighted by molar-refractivity contribution is 7.80. The monoisotopic (exact) mass is 258 g/mol. The molecule has 0 saturated heterocycles. The van der Waals surface area contributed by atoms with Gasteiger partial charge in [-0.3, -0.25) is 0 Å². The molecule has 0 atom stereocenters. The van der Waals surface area contributed by atoms with Gasteiger partial charge in [0.1, 0.15) is 16.5 Å². The van der Waals surface area contributed by atoms with Gasteiger partial charge < -0.3 is 10.5 Å². The first kappa shape index (κ1) is 12.5. The van der Waals surface area contributed by atoms with Crippen LogP contribution in [0.3, 0.4) is 0 Å². The summed E-state index contributed by atoms with van der Waals surface area (Å²) in [5.41, 5.74) is 8.40. The number of hydrogen-bond acceptors (Lipinski definition) is 3.